The number of ether oxygens (including phenoxy) is 1. The summed E-state index contributed by atoms with van der Waals surface area (Å²) >= 11 is 0. The number of benzene rings is 2. The Bertz CT molecular complexity index is 1620. The first-order valence-corrected chi connectivity index (χ1v) is 11.4. The molecule has 0 atom stereocenters. The predicted molar refractivity (Wildman–Crippen MR) is 138 cm³/mol. The number of hydrogen-bond donors (Lipinski definition) is 1. The van der Waals surface area contributed by atoms with Gasteiger partial charge >= 0.3 is 31.1 Å². The molecular formula is C27H26N6O2U. The van der Waals surface area contributed by atoms with Crippen LogP contribution in [-0.2, 0) is 0 Å². The van der Waals surface area contributed by atoms with E-state index < -0.39 is 0 Å². The standard InChI is InChI=1S/C26H23N6O2.CH3.U/c1-3-31(23-15-21(29-30-23)16-8-4-5-9-16)24-18-10-6-7-11-22(18)32-25(33)19-14-17(34-2)12-13-20(19)27-26(32)28-24;;/h3,6-7,10-11,13-16H,1,4-5,8-9H2,2H3,(H,29,30);1H3;/q2*-1;+2. The van der Waals surface area contributed by atoms with E-state index in [2.05, 4.69) is 33.9 Å². The van der Waals surface area contributed by atoms with Gasteiger partial charge in [-0.15, -0.1) is 18.2 Å². The van der Waals surface area contributed by atoms with Crippen molar-refractivity contribution in [2.45, 2.75) is 31.6 Å². The minimum Gasteiger partial charge on any atom is -0.523 e. The molecule has 3 aromatic heterocycles. The molecule has 9 heteroatoms. The van der Waals surface area contributed by atoms with Crippen molar-refractivity contribution in [3.05, 3.63) is 84.8 Å². The van der Waals surface area contributed by atoms with Gasteiger partial charge in [-0.05, 0) is 35.9 Å². The molecule has 3 heterocycles. The molecule has 180 valence electrons. The zero-order chi connectivity index (χ0) is 23.2. The summed E-state index contributed by atoms with van der Waals surface area (Å²) in [6.07, 6.45) is 6.54. The molecule has 1 fully saturated rings. The number of rotatable bonds is 5. The second-order valence-electron chi connectivity index (χ2n) is 8.52. The van der Waals surface area contributed by atoms with E-state index in [0.717, 1.165) is 11.1 Å². The van der Waals surface area contributed by atoms with E-state index in [-0.39, 0.29) is 44.1 Å². The number of nitrogens with one attached hydrogen (secondary N) is 1. The summed E-state index contributed by atoms with van der Waals surface area (Å²) in [5, 5.41) is 9.01. The monoisotopic (exact) mass is 704 g/mol. The van der Waals surface area contributed by atoms with Crippen molar-refractivity contribution in [1.82, 2.24) is 24.6 Å². The summed E-state index contributed by atoms with van der Waals surface area (Å²) in [6.45, 7) is 4.02. The third-order valence-electron chi connectivity index (χ3n) is 6.60. The van der Waals surface area contributed by atoms with Crippen molar-refractivity contribution in [2.24, 2.45) is 0 Å². The summed E-state index contributed by atoms with van der Waals surface area (Å²) in [5.74, 6) is 2.60. The van der Waals surface area contributed by atoms with E-state index in [1.165, 1.54) is 30.1 Å². The second kappa shape index (κ2) is 10.5. The second-order valence-corrected chi connectivity index (χ2v) is 8.52. The minimum atomic E-state index is -0.212. The zero-order valence-corrected chi connectivity index (χ0v) is 24.4. The molecule has 6 rings (SSSR count). The number of para-hydroxylation sites is 1. The minimum absolute atomic E-state index is 0. The van der Waals surface area contributed by atoms with Crippen molar-refractivity contribution in [3.8, 4) is 5.75 Å². The summed E-state index contributed by atoms with van der Waals surface area (Å²) in [6, 6.07) is 16.0. The number of H-pyrrole nitrogens is 1. The van der Waals surface area contributed by atoms with Gasteiger partial charge in [-0.3, -0.25) is 19.8 Å². The molecule has 1 saturated carbocycles. The van der Waals surface area contributed by atoms with Gasteiger partial charge in [0.2, 0.25) is 11.3 Å². The SMILES string of the molecule is C=CN(c1cc(C2CCCC2)[nH]n1)c1nc2nc3c[c-]c(OC)cc3c(=O)n2c2ccccc12.[CH3-].[U+2]. The van der Waals surface area contributed by atoms with E-state index in [9.17, 15) is 4.79 Å². The Morgan fingerprint density at radius 3 is 2.72 bits per heavy atom. The van der Waals surface area contributed by atoms with Crippen molar-refractivity contribution < 1.29 is 35.9 Å². The van der Waals surface area contributed by atoms with Crippen molar-refractivity contribution in [1.29, 1.82) is 0 Å². The fourth-order valence-electron chi connectivity index (χ4n) is 4.89. The molecule has 8 nitrogen and oxygen atoms in total. The van der Waals surface area contributed by atoms with Crippen molar-refractivity contribution in [2.75, 3.05) is 12.0 Å². The summed E-state index contributed by atoms with van der Waals surface area (Å²) in [4.78, 5) is 24.8. The topological polar surface area (TPSA) is 88.4 Å². The van der Waals surface area contributed by atoms with Crippen LogP contribution in [0.15, 0.2) is 60.0 Å². The van der Waals surface area contributed by atoms with Gasteiger partial charge in [0.1, 0.15) is 0 Å². The maximum atomic E-state index is 13.5. The van der Waals surface area contributed by atoms with Gasteiger partial charge in [-0.1, -0.05) is 31.6 Å². The first-order chi connectivity index (χ1) is 16.7. The molecule has 0 bridgehead atoms. The average Bonchev–Trinajstić information content (AvgIpc) is 3.57. The van der Waals surface area contributed by atoms with E-state index in [1.807, 2.05) is 29.2 Å². The fourth-order valence-corrected chi connectivity index (χ4v) is 4.89. The molecular weight excluding hydrogens is 678 g/mol. The molecule has 0 unspecified atom stereocenters. The largest absolute Gasteiger partial charge is 2.00 e. The number of fused-ring (bicyclic) bond motifs is 4. The van der Waals surface area contributed by atoms with Crippen LogP contribution >= 0.6 is 0 Å². The third kappa shape index (κ3) is 4.21. The number of nitrogens with zero attached hydrogens (tertiary/aromatic N) is 5. The summed E-state index contributed by atoms with van der Waals surface area (Å²) in [7, 11) is 1.55. The molecule has 1 N–H and O–H groups in total. The Kier molecular flexibility index (Phi) is 7.53. The van der Waals surface area contributed by atoms with E-state index in [4.69, 9.17) is 9.72 Å². The zero-order valence-electron chi connectivity index (χ0n) is 20.3. The Balaban J connectivity index is 0.00000152. The summed E-state index contributed by atoms with van der Waals surface area (Å²) in [5.41, 5.74) is 2.13. The quantitative estimate of drug-likeness (QED) is 0.152. The third-order valence-corrected chi connectivity index (χ3v) is 6.60. The van der Waals surface area contributed by atoms with Crippen LogP contribution in [0, 0.1) is 44.6 Å². The first-order valence-electron chi connectivity index (χ1n) is 11.4. The molecule has 0 radical (unpaired) electrons. The molecule has 36 heavy (non-hydrogen) atoms. The molecule has 0 aliphatic heterocycles. The van der Waals surface area contributed by atoms with E-state index in [0.29, 0.717) is 45.5 Å². The Labute approximate surface area is 232 Å². The number of anilines is 2. The van der Waals surface area contributed by atoms with Crippen LogP contribution in [-0.4, -0.2) is 31.7 Å². The van der Waals surface area contributed by atoms with E-state index >= 15 is 0 Å². The van der Waals surface area contributed by atoms with Crippen LogP contribution < -0.4 is 15.2 Å². The first kappa shape index (κ1) is 25.9. The maximum Gasteiger partial charge on any atom is 2.00 e. The molecule has 5 aromatic rings. The smallest absolute Gasteiger partial charge is 0.523 e. The van der Waals surface area contributed by atoms with Gasteiger partial charge in [0.25, 0.3) is 0 Å². The van der Waals surface area contributed by atoms with Gasteiger partial charge in [0.05, 0.1) is 12.6 Å². The van der Waals surface area contributed by atoms with Gasteiger partial charge in [-0.25, -0.2) is 4.40 Å². The maximum absolute atomic E-state index is 13.5. The fraction of sp³-hybridized carbons (Fsp3) is 0.222. The van der Waals surface area contributed by atoms with Crippen LogP contribution in [0.25, 0.3) is 27.6 Å². The summed E-state index contributed by atoms with van der Waals surface area (Å²) < 4.78 is 6.79. The normalized spacial score (nSPS) is 13.5. The van der Waals surface area contributed by atoms with Crippen LogP contribution in [0.1, 0.15) is 37.3 Å². The number of aromatic nitrogens is 5. The Morgan fingerprint density at radius 2 is 1.97 bits per heavy atom. The van der Waals surface area contributed by atoms with Gasteiger partial charge < -0.3 is 12.2 Å². The van der Waals surface area contributed by atoms with Crippen LogP contribution in [0.5, 0.6) is 5.75 Å². The molecule has 1 aliphatic carbocycles. The Hall–Kier alpha value is -3.15. The molecule has 1 aliphatic rings. The number of aromatic amines is 1. The molecule has 0 spiro atoms. The average molecular weight is 705 g/mol. The van der Waals surface area contributed by atoms with Crippen LogP contribution in [0.2, 0.25) is 0 Å². The van der Waals surface area contributed by atoms with E-state index in [1.54, 1.807) is 25.4 Å². The Morgan fingerprint density at radius 1 is 1.19 bits per heavy atom. The number of methoxy groups -OCH3 is 1. The van der Waals surface area contributed by atoms with Crippen molar-refractivity contribution in [3.63, 3.8) is 0 Å². The van der Waals surface area contributed by atoms with Crippen LogP contribution in [0.4, 0.5) is 11.6 Å². The van der Waals surface area contributed by atoms with Gasteiger partial charge in [0.15, 0.2) is 11.6 Å². The molecule has 0 saturated heterocycles. The van der Waals surface area contributed by atoms with Gasteiger partial charge in [-0.2, -0.15) is 10.1 Å². The van der Waals surface area contributed by atoms with Crippen molar-refractivity contribution >= 4 is 39.2 Å². The van der Waals surface area contributed by atoms with Gasteiger partial charge in [0, 0.05) is 35.0 Å². The molecule has 2 aromatic carbocycles. The predicted octanol–water partition coefficient (Wildman–Crippen LogP) is 5.32. The number of hydrogen-bond acceptors (Lipinski definition) is 6. The van der Waals surface area contributed by atoms with Crippen LogP contribution in [0.3, 0.4) is 0 Å². The molecule has 0 amide bonds.